The number of nitrogens with one attached hydrogen (secondary N) is 1. The van der Waals surface area contributed by atoms with Crippen molar-refractivity contribution in [3.05, 3.63) is 34.7 Å². The molecule has 166 valence electrons. The molecule has 0 atom stereocenters. The standard InChI is InChI=1S/C20H21ClF3N5O2/c1-28(2)7-11-3-4-14-13(5-11)16-17(29(14)10-20(22,23)24)18(21)27-15(26-16)6-25-19(30)12-8-31-9-12/h3-5,12H,6-10H2,1-2H3,(H,25,30). The van der Waals surface area contributed by atoms with E-state index >= 15 is 0 Å². The second-order valence-corrected chi connectivity index (χ2v) is 8.23. The molecule has 0 spiro atoms. The van der Waals surface area contributed by atoms with Crippen LogP contribution in [-0.4, -0.2) is 58.8 Å². The number of benzene rings is 1. The van der Waals surface area contributed by atoms with Crippen LogP contribution in [0.3, 0.4) is 0 Å². The first-order chi connectivity index (χ1) is 14.6. The first-order valence-electron chi connectivity index (χ1n) is 9.66. The Kier molecular flexibility index (Phi) is 5.80. The monoisotopic (exact) mass is 455 g/mol. The summed E-state index contributed by atoms with van der Waals surface area (Å²) in [4.78, 5) is 22.6. The molecule has 0 bridgehead atoms. The van der Waals surface area contributed by atoms with Crippen LogP contribution in [0.4, 0.5) is 13.2 Å². The van der Waals surface area contributed by atoms with Crippen LogP contribution in [0.5, 0.6) is 0 Å². The van der Waals surface area contributed by atoms with Gasteiger partial charge in [0.15, 0.2) is 5.15 Å². The number of rotatable bonds is 6. The van der Waals surface area contributed by atoms with Crippen molar-refractivity contribution in [1.82, 2.24) is 24.8 Å². The maximum absolute atomic E-state index is 13.3. The van der Waals surface area contributed by atoms with Gasteiger partial charge in [-0.1, -0.05) is 17.7 Å². The van der Waals surface area contributed by atoms with Gasteiger partial charge < -0.3 is 19.5 Å². The molecule has 1 saturated heterocycles. The van der Waals surface area contributed by atoms with E-state index in [2.05, 4.69) is 15.3 Å². The van der Waals surface area contributed by atoms with Gasteiger partial charge >= 0.3 is 6.18 Å². The van der Waals surface area contributed by atoms with E-state index in [1.165, 1.54) is 0 Å². The molecule has 7 nitrogen and oxygen atoms in total. The average molecular weight is 456 g/mol. The number of aromatic nitrogens is 3. The summed E-state index contributed by atoms with van der Waals surface area (Å²) in [5.74, 6) is -0.157. The SMILES string of the molecule is CN(C)Cc1ccc2c(c1)c1nc(CNC(=O)C3COC3)nc(Cl)c1n2CC(F)(F)F. The van der Waals surface area contributed by atoms with Crippen LogP contribution in [0.15, 0.2) is 18.2 Å². The molecule has 11 heteroatoms. The Morgan fingerprint density at radius 3 is 2.68 bits per heavy atom. The van der Waals surface area contributed by atoms with Crippen LogP contribution in [-0.2, 0) is 29.2 Å². The number of amides is 1. The van der Waals surface area contributed by atoms with E-state index in [0.717, 1.165) is 10.1 Å². The molecule has 31 heavy (non-hydrogen) atoms. The summed E-state index contributed by atoms with van der Waals surface area (Å²) in [6, 6.07) is 5.26. The molecule has 1 N–H and O–H groups in total. The van der Waals surface area contributed by atoms with E-state index in [9.17, 15) is 18.0 Å². The highest BCUT2D eigenvalue weighted by Crippen LogP contribution is 2.34. The molecule has 0 saturated carbocycles. The Hall–Kier alpha value is -2.43. The van der Waals surface area contributed by atoms with Crippen LogP contribution in [0, 0.1) is 5.92 Å². The number of fused-ring (bicyclic) bond motifs is 3. The van der Waals surface area contributed by atoms with E-state index in [4.69, 9.17) is 16.3 Å². The molecule has 4 rings (SSSR count). The third-order valence-electron chi connectivity index (χ3n) is 5.03. The third kappa shape index (κ3) is 4.60. The molecule has 3 aromatic rings. The molecule has 1 aliphatic rings. The molecule has 1 fully saturated rings. The minimum atomic E-state index is -4.44. The van der Waals surface area contributed by atoms with E-state index < -0.39 is 12.7 Å². The Morgan fingerprint density at radius 1 is 1.32 bits per heavy atom. The summed E-state index contributed by atoms with van der Waals surface area (Å²) in [6.07, 6.45) is -4.44. The molecule has 0 aliphatic carbocycles. The zero-order valence-corrected chi connectivity index (χ0v) is 17.7. The highest BCUT2D eigenvalue weighted by atomic mass is 35.5. The summed E-state index contributed by atoms with van der Waals surface area (Å²) < 4.78 is 46.0. The van der Waals surface area contributed by atoms with Crippen LogP contribution in [0.2, 0.25) is 5.15 Å². The molecule has 1 amide bonds. The number of ether oxygens (including phenoxy) is 1. The molecule has 0 radical (unpaired) electrons. The maximum atomic E-state index is 13.3. The third-order valence-corrected chi connectivity index (χ3v) is 5.29. The number of nitrogens with zero attached hydrogens (tertiary/aromatic N) is 4. The lowest BCUT2D eigenvalue weighted by Gasteiger charge is -2.24. The Balaban J connectivity index is 1.79. The summed E-state index contributed by atoms with van der Waals surface area (Å²) >= 11 is 6.33. The maximum Gasteiger partial charge on any atom is 0.406 e. The lowest BCUT2D eigenvalue weighted by molar-refractivity contribution is -0.140. The lowest BCUT2D eigenvalue weighted by Crippen LogP contribution is -2.42. The van der Waals surface area contributed by atoms with Crippen molar-refractivity contribution >= 4 is 39.4 Å². The van der Waals surface area contributed by atoms with Gasteiger partial charge in [-0.3, -0.25) is 4.79 Å². The first-order valence-corrected chi connectivity index (χ1v) is 10.0. The van der Waals surface area contributed by atoms with Crippen molar-refractivity contribution in [2.75, 3.05) is 27.3 Å². The molecule has 3 heterocycles. The van der Waals surface area contributed by atoms with Gasteiger partial charge in [0.2, 0.25) is 5.91 Å². The molecule has 1 aliphatic heterocycles. The first kappa shape index (κ1) is 21.8. The molecule has 2 aromatic heterocycles. The van der Waals surface area contributed by atoms with Crippen molar-refractivity contribution in [2.24, 2.45) is 5.92 Å². The quantitative estimate of drug-likeness (QED) is 0.578. The summed E-state index contributed by atoms with van der Waals surface area (Å²) in [5.41, 5.74) is 1.76. The van der Waals surface area contributed by atoms with Crippen molar-refractivity contribution < 1.29 is 22.7 Å². The summed E-state index contributed by atoms with van der Waals surface area (Å²) in [7, 11) is 3.81. The molecular formula is C20H21ClF3N5O2. The molecular weight excluding hydrogens is 435 g/mol. The Morgan fingerprint density at radius 2 is 2.06 bits per heavy atom. The van der Waals surface area contributed by atoms with Crippen LogP contribution >= 0.6 is 11.6 Å². The minimum Gasteiger partial charge on any atom is -0.380 e. The van der Waals surface area contributed by atoms with Crippen molar-refractivity contribution in [2.45, 2.75) is 25.8 Å². The zero-order chi connectivity index (χ0) is 22.3. The van der Waals surface area contributed by atoms with E-state index in [-0.39, 0.29) is 34.9 Å². The fourth-order valence-electron chi connectivity index (χ4n) is 3.61. The number of hydrogen-bond donors (Lipinski definition) is 1. The normalized spacial score (nSPS) is 15.1. The van der Waals surface area contributed by atoms with Gasteiger partial charge in [0.1, 0.15) is 23.4 Å². The fraction of sp³-hybridized carbons (Fsp3) is 0.450. The Bertz CT molecular complexity index is 1140. The average Bonchev–Trinajstić information content (AvgIpc) is 2.90. The molecule has 1 aromatic carbocycles. The van der Waals surface area contributed by atoms with Gasteiger partial charge in [0.05, 0.1) is 31.2 Å². The highest BCUT2D eigenvalue weighted by Gasteiger charge is 2.31. The van der Waals surface area contributed by atoms with Gasteiger partial charge in [0, 0.05) is 11.9 Å². The number of halogens is 4. The largest absolute Gasteiger partial charge is 0.406 e. The number of carbonyl (C=O) groups is 1. The highest BCUT2D eigenvalue weighted by molar-refractivity contribution is 6.34. The zero-order valence-electron chi connectivity index (χ0n) is 17.0. The van der Waals surface area contributed by atoms with E-state index in [1.807, 2.05) is 25.1 Å². The van der Waals surface area contributed by atoms with Crippen LogP contribution in [0.25, 0.3) is 21.9 Å². The van der Waals surface area contributed by atoms with Crippen molar-refractivity contribution in [3.63, 3.8) is 0 Å². The second kappa shape index (κ2) is 8.25. The van der Waals surface area contributed by atoms with Gasteiger partial charge in [-0.05, 0) is 31.8 Å². The lowest BCUT2D eigenvalue weighted by atomic mass is 10.1. The van der Waals surface area contributed by atoms with Gasteiger partial charge in [0.25, 0.3) is 0 Å². The summed E-state index contributed by atoms with van der Waals surface area (Å²) in [6.45, 7) is 0.167. The summed E-state index contributed by atoms with van der Waals surface area (Å²) in [5, 5.41) is 3.20. The minimum absolute atomic E-state index is 0.0221. The van der Waals surface area contributed by atoms with E-state index in [1.54, 1.807) is 12.1 Å². The number of hydrogen-bond acceptors (Lipinski definition) is 5. The number of carbonyl (C=O) groups excluding carboxylic acids is 1. The Labute approximate surface area is 181 Å². The van der Waals surface area contributed by atoms with Crippen LogP contribution < -0.4 is 5.32 Å². The molecule has 0 unspecified atom stereocenters. The predicted molar refractivity (Wildman–Crippen MR) is 110 cm³/mol. The predicted octanol–water partition coefficient (Wildman–Crippen LogP) is 3.12. The fourth-order valence-corrected chi connectivity index (χ4v) is 3.90. The number of alkyl halides is 3. The second-order valence-electron chi connectivity index (χ2n) is 7.87. The van der Waals surface area contributed by atoms with Gasteiger partial charge in [-0.15, -0.1) is 0 Å². The van der Waals surface area contributed by atoms with Gasteiger partial charge in [-0.2, -0.15) is 13.2 Å². The van der Waals surface area contributed by atoms with E-state index in [0.29, 0.717) is 36.2 Å². The van der Waals surface area contributed by atoms with Gasteiger partial charge in [-0.25, -0.2) is 9.97 Å². The smallest absolute Gasteiger partial charge is 0.380 e. The topological polar surface area (TPSA) is 72.3 Å². The van der Waals surface area contributed by atoms with Crippen molar-refractivity contribution in [3.8, 4) is 0 Å². The van der Waals surface area contributed by atoms with Crippen molar-refractivity contribution in [1.29, 1.82) is 0 Å². The van der Waals surface area contributed by atoms with Crippen LogP contribution in [0.1, 0.15) is 11.4 Å².